The van der Waals surface area contributed by atoms with Crippen LogP contribution in [0, 0.1) is 6.92 Å². The van der Waals surface area contributed by atoms with Gasteiger partial charge in [-0.3, -0.25) is 4.68 Å². The first-order chi connectivity index (χ1) is 10.0. The maximum absolute atomic E-state index is 10.3. The van der Waals surface area contributed by atoms with Gasteiger partial charge in [0.25, 0.3) is 0 Å². The van der Waals surface area contributed by atoms with E-state index in [1.807, 2.05) is 30.1 Å². The largest absolute Gasteiger partial charge is 0.508 e. The lowest BCUT2D eigenvalue weighted by Crippen LogP contribution is -2.08. The predicted octanol–water partition coefficient (Wildman–Crippen LogP) is 3.66. The van der Waals surface area contributed by atoms with Crippen LogP contribution in [0.15, 0.2) is 18.3 Å². The fraction of sp³-hybridized carbons (Fsp3) is 0.471. The van der Waals surface area contributed by atoms with Crippen LogP contribution in [0.25, 0.3) is 0 Å². The van der Waals surface area contributed by atoms with E-state index in [4.69, 9.17) is 0 Å². The summed E-state index contributed by atoms with van der Waals surface area (Å²) < 4.78 is 1.84. The predicted molar refractivity (Wildman–Crippen MR) is 84.8 cm³/mol. The number of nitrogens with zero attached hydrogens (tertiary/aromatic N) is 2. The zero-order valence-electron chi connectivity index (χ0n) is 13.1. The molecule has 0 amide bonds. The number of phenols is 1. The van der Waals surface area contributed by atoms with Crippen molar-refractivity contribution in [2.75, 3.05) is 5.32 Å². The van der Waals surface area contributed by atoms with Crippen LogP contribution in [0.5, 0.6) is 5.75 Å². The summed E-state index contributed by atoms with van der Waals surface area (Å²) in [7, 11) is 1.94. The van der Waals surface area contributed by atoms with Crippen LogP contribution in [0.2, 0.25) is 0 Å². The van der Waals surface area contributed by atoms with Crippen molar-refractivity contribution in [2.24, 2.45) is 7.05 Å². The summed E-state index contributed by atoms with van der Waals surface area (Å²) >= 11 is 0. The molecular weight excluding hydrogens is 262 g/mol. The van der Waals surface area contributed by atoms with Gasteiger partial charge in [0, 0.05) is 18.8 Å². The van der Waals surface area contributed by atoms with Gasteiger partial charge in [-0.25, -0.2) is 0 Å². The van der Waals surface area contributed by atoms with Crippen molar-refractivity contribution in [3.05, 3.63) is 40.7 Å². The van der Waals surface area contributed by atoms with Gasteiger partial charge < -0.3 is 10.4 Å². The number of hydrogen-bond acceptors (Lipinski definition) is 3. The number of anilines is 1. The summed E-state index contributed by atoms with van der Waals surface area (Å²) in [5.74, 6) is 0.866. The lowest BCUT2D eigenvalue weighted by atomic mass is 9.97. The fourth-order valence-electron chi connectivity index (χ4n) is 3.58. The van der Waals surface area contributed by atoms with Crippen LogP contribution >= 0.6 is 0 Å². The smallest absolute Gasteiger partial charge is 0.121 e. The molecule has 2 N–H and O–H groups in total. The minimum atomic E-state index is 0.157. The molecule has 0 radical (unpaired) electrons. The van der Waals surface area contributed by atoms with Gasteiger partial charge in [-0.2, -0.15) is 5.10 Å². The molecule has 0 bridgehead atoms. The highest BCUT2D eigenvalue weighted by Gasteiger charge is 2.32. The van der Waals surface area contributed by atoms with Gasteiger partial charge in [-0.05, 0) is 42.9 Å². The van der Waals surface area contributed by atoms with Crippen molar-refractivity contribution >= 4 is 5.69 Å². The molecule has 1 aliphatic rings. The number of nitrogens with one attached hydrogen (secondary N) is 1. The highest BCUT2D eigenvalue weighted by atomic mass is 16.3. The van der Waals surface area contributed by atoms with E-state index in [0.29, 0.717) is 11.7 Å². The summed E-state index contributed by atoms with van der Waals surface area (Å²) in [5.41, 5.74) is 5.78. The third kappa shape index (κ3) is 2.28. The number of aryl methyl sites for hydroxylation is 3. The van der Waals surface area contributed by atoms with Crippen molar-refractivity contribution in [1.82, 2.24) is 9.78 Å². The summed E-state index contributed by atoms with van der Waals surface area (Å²) in [6.45, 7) is 6.47. The second-order valence-corrected chi connectivity index (χ2v) is 6.08. The molecule has 4 heteroatoms. The van der Waals surface area contributed by atoms with E-state index >= 15 is 0 Å². The second kappa shape index (κ2) is 5.10. The van der Waals surface area contributed by atoms with Crippen LogP contribution < -0.4 is 5.32 Å². The number of hydrogen-bond donors (Lipinski definition) is 2. The van der Waals surface area contributed by atoms with Gasteiger partial charge in [0.15, 0.2) is 0 Å². The van der Waals surface area contributed by atoms with Crippen LogP contribution in [0.3, 0.4) is 0 Å². The Hall–Kier alpha value is -1.97. The molecule has 112 valence electrons. The molecule has 0 fully saturated rings. The van der Waals surface area contributed by atoms with Crippen molar-refractivity contribution < 1.29 is 5.11 Å². The Morgan fingerprint density at radius 1 is 1.38 bits per heavy atom. The Morgan fingerprint density at radius 2 is 2.14 bits per heavy atom. The number of rotatable bonds is 3. The number of benzene rings is 1. The summed E-state index contributed by atoms with van der Waals surface area (Å²) in [5, 5.41) is 18.4. The van der Waals surface area contributed by atoms with E-state index in [9.17, 15) is 5.11 Å². The Balaban J connectivity index is 1.98. The summed E-state index contributed by atoms with van der Waals surface area (Å²) in [6, 6.07) is 3.98. The van der Waals surface area contributed by atoms with Gasteiger partial charge in [-0.15, -0.1) is 0 Å². The number of fused-ring (bicyclic) bond motifs is 1. The van der Waals surface area contributed by atoms with Crippen LogP contribution in [-0.2, 0) is 13.5 Å². The monoisotopic (exact) mass is 285 g/mol. The molecule has 2 aromatic rings. The minimum Gasteiger partial charge on any atom is -0.508 e. The first kappa shape index (κ1) is 14.0. The highest BCUT2D eigenvalue weighted by Crippen LogP contribution is 2.47. The van der Waals surface area contributed by atoms with E-state index in [1.54, 1.807) is 0 Å². The third-order valence-electron chi connectivity index (χ3n) is 4.48. The molecule has 1 aromatic heterocycles. The number of phenolic OH excluding ortho intramolecular Hbond substituents is 1. The Bertz CT molecular complexity index is 675. The molecule has 1 aliphatic carbocycles. The van der Waals surface area contributed by atoms with Crippen molar-refractivity contribution in [3.63, 3.8) is 0 Å². The molecule has 1 heterocycles. The third-order valence-corrected chi connectivity index (χ3v) is 4.48. The topological polar surface area (TPSA) is 50.1 Å². The molecule has 0 saturated carbocycles. The normalized spacial score (nSPS) is 20.6. The van der Waals surface area contributed by atoms with E-state index in [0.717, 1.165) is 29.8 Å². The molecule has 21 heavy (non-hydrogen) atoms. The molecular formula is C17H23N3O. The van der Waals surface area contributed by atoms with E-state index in [2.05, 4.69) is 31.2 Å². The zero-order chi connectivity index (χ0) is 15.1. The first-order valence-corrected chi connectivity index (χ1v) is 7.62. The van der Waals surface area contributed by atoms with Gasteiger partial charge in [0.2, 0.25) is 0 Å². The average molecular weight is 285 g/mol. The van der Waals surface area contributed by atoms with E-state index < -0.39 is 0 Å². The van der Waals surface area contributed by atoms with Crippen molar-refractivity contribution in [1.29, 1.82) is 0 Å². The molecule has 0 aliphatic heterocycles. The quantitative estimate of drug-likeness (QED) is 0.905. The number of aromatic nitrogens is 2. The molecule has 3 rings (SSSR count). The molecule has 4 nitrogen and oxygen atoms in total. The summed E-state index contributed by atoms with van der Waals surface area (Å²) in [4.78, 5) is 0. The number of aromatic hydroxyl groups is 1. The second-order valence-electron chi connectivity index (χ2n) is 6.08. The minimum absolute atomic E-state index is 0.157. The van der Waals surface area contributed by atoms with Crippen LogP contribution in [0.4, 0.5) is 5.69 Å². The molecule has 2 unspecified atom stereocenters. The SMILES string of the molecule is CCc1nn(C)cc1NC1CC(C)c2c(C)ccc(O)c21. The Labute approximate surface area is 125 Å². The average Bonchev–Trinajstić information content (AvgIpc) is 2.95. The molecule has 0 spiro atoms. The van der Waals surface area contributed by atoms with Crippen LogP contribution in [0.1, 0.15) is 54.6 Å². The lowest BCUT2D eigenvalue weighted by molar-refractivity contribution is 0.465. The van der Waals surface area contributed by atoms with Gasteiger partial charge in [-0.1, -0.05) is 19.9 Å². The molecule has 0 saturated heterocycles. The molecule has 2 atom stereocenters. The van der Waals surface area contributed by atoms with E-state index in [-0.39, 0.29) is 6.04 Å². The zero-order valence-corrected chi connectivity index (χ0v) is 13.1. The van der Waals surface area contributed by atoms with E-state index in [1.165, 1.54) is 11.1 Å². The summed E-state index contributed by atoms with van der Waals surface area (Å²) in [6.07, 6.45) is 3.93. The van der Waals surface area contributed by atoms with Gasteiger partial charge in [0.05, 0.1) is 17.4 Å². The Kier molecular flexibility index (Phi) is 3.40. The maximum atomic E-state index is 10.3. The van der Waals surface area contributed by atoms with Gasteiger partial charge in [0.1, 0.15) is 5.75 Å². The first-order valence-electron chi connectivity index (χ1n) is 7.62. The van der Waals surface area contributed by atoms with Crippen molar-refractivity contribution in [3.8, 4) is 5.75 Å². The lowest BCUT2D eigenvalue weighted by Gasteiger charge is -2.16. The molecule has 1 aromatic carbocycles. The maximum Gasteiger partial charge on any atom is 0.121 e. The highest BCUT2D eigenvalue weighted by molar-refractivity contribution is 5.56. The van der Waals surface area contributed by atoms with Crippen LogP contribution in [-0.4, -0.2) is 14.9 Å². The fourth-order valence-corrected chi connectivity index (χ4v) is 3.58. The standard InChI is InChI=1S/C17H23N3O/c1-5-12-14(9-20(4)19-12)18-13-8-11(3)16-10(2)6-7-15(21)17(13)16/h6-7,9,11,13,18,21H,5,8H2,1-4H3. The van der Waals surface area contributed by atoms with Crippen molar-refractivity contribution in [2.45, 2.75) is 45.6 Å². The Morgan fingerprint density at radius 3 is 2.86 bits per heavy atom. The van der Waals surface area contributed by atoms with Gasteiger partial charge >= 0.3 is 0 Å².